The summed E-state index contributed by atoms with van der Waals surface area (Å²) in [6.45, 7) is 18.4. The highest BCUT2D eigenvalue weighted by atomic mass is 127. The first kappa shape index (κ1) is 27.8. The minimum absolute atomic E-state index is 0.0337. The zero-order valence-corrected chi connectivity index (χ0v) is 24.4. The number of fused-ring (bicyclic) bond motifs is 1. The van der Waals surface area contributed by atoms with Gasteiger partial charge in [0.05, 0.1) is 0 Å². The zero-order chi connectivity index (χ0) is 23.9. The van der Waals surface area contributed by atoms with Gasteiger partial charge in [-0.15, -0.1) is 0 Å². The Hall–Kier alpha value is -0.450. The van der Waals surface area contributed by atoms with E-state index < -0.39 is 0 Å². The largest absolute Gasteiger partial charge is 0.487 e. The van der Waals surface area contributed by atoms with Crippen LogP contribution in [0, 0.1) is 38.5 Å². The first-order valence-electron chi connectivity index (χ1n) is 13.2. The molecule has 32 heavy (non-hydrogen) atoms. The van der Waals surface area contributed by atoms with Crippen molar-refractivity contribution in [1.82, 2.24) is 0 Å². The van der Waals surface area contributed by atoms with E-state index in [2.05, 4.69) is 55.4 Å². The molecule has 0 amide bonds. The summed E-state index contributed by atoms with van der Waals surface area (Å²) in [6, 6.07) is 0. The summed E-state index contributed by atoms with van der Waals surface area (Å²) in [6.07, 6.45) is 14.3. The lowest BCUT2D eigenvalue weighted by atomic mass is 9.84. The summed E-state index contributed by atoms with van der Waals surface area (Å²) in [5.41, 5.74) is 5.04. The molecule has 184 valence electrons. The van der Waals surface area contributed by atoms with Crippen LogP contribution < -0.4 is 7.80 Å². The maximum atomic E-state index is 6.70. The predicted octanol–water partition coefficient (Wildman–Crippen LogP) is 9.86. The third-order valence-electron chi connectivity index (χ3n) is 7.92. The molecule has 0 bridgehead atoms. The van der Waals surface area contributed by atoms with Gasteiger partial charge in [0, 0.05) is 5.56 Å². The predicted molar refractivity (Wildman–Crippen MR) is 147 cm³/mol. The molecule has 0 spiro atoms. The van der Waals surface area contributed by atoms with Crippen LogP contribution in [0.5, 0.6) is 11.5 Å². The van der Waals surface area contributed by atoms with Crippen molar-refractivity contribution >= 4 is 23.0 Å². The quantitative estimate of drug-likeness (QED) is 0.225. The second-order valence-corrected chi connectivity index (χ2v) is 11.9. The Bertz CT molecular complexity index is 727. The summed E-state index contributed by atoms with van der Waals surface area (Å²) in [5.74, 6) is 4.73. The Morgan fingerprint density at radius 2 is 1.41 bits per heavy atom. The Balaban J connectivity index is 1.77. The van der Waals surface area contributed by atoms with Crippen molar-refractivity contribution < 1.29 is 7.80 Å². The second-order valence-electron chi connectivity index (χ2n) is 11.5. The van der Waals surface area contributed by atoms with E-state index in [1.165, 1.54) is 73.6 Å². The lowest BCUT2D eigenvalue weighted by molar-refractivity contribution is 0.0512. The third kappa shape index (κ3) is 7.81. The minimum atomic E-state index is -0.0337. The normalized spacial score (nSPS) is 20.1. The van der Waals surface area contributed by atoms with E-state index in [0.717, 1.165) is 48.5 Å². The maximum Gasteiger partial charge on any atom is 0.192 e. The first-order chi connectivity index (χ1) is 15.1. The van der Waals surface area contributed by atoms with Crippen molar-refractivity contribution in [3.63, 3.8) is 0 Å². The van der Waals surface area contributed by atoms with Crippen LogP contribution in [0.2, 0.25) is 0 Å². The van der Waals surface area contributed by atoms with Crippen LogP contribution in [0.3, 0.4) is 0 Å². The average Bonchev–Trinajstić information content (AvgIpc) is 2.72. The molecule has 3 atom stereocenters. The van der Waals surface area contributed by atoms with E-state index in [9.17, 15) is 0 Å². The fourth-order valence-electron chi connectivity index (χ4n) is 5.38. The highest BCUT2D eigenvalue weighted by Crippen LogP contribution is 2.45. The van der Waals surface area contributed by atoms with E-state index in [0.29, 0.717) is 0 Å². The van der Waals surface area contributed by atoms with Crippen LogP contribution in [0.1, 0.15) is 121 Å². The smallest absolute Gasteiger partial charge is 0.192 e. The third-order valence-corrected chi connectivity index (χ3v) is 8.36. The van der Waals surface area contributed by atoms with Crippen LogP contribution in [0.15, 0.2) is 0 Å². The van der Waals surface area contributed by atoms with Gasteiger partial charge in [0.25, 0.3) is 0 Å². The summed E-state index contributed by atoms with van der Waals surface area (Å²) >= 11 is 2.01. The first-order valence-corrected chi connectivity index (χ1v) is 14.1. The van der Waals surface area contributed by atoms with E-state index >= 15 is 0 Å². The molecule has 1 aliphatic heterocycles. The monoisotopic (exact) mass is 556 g/mol. The van der Waals surface area contributed by atoms with Gasteiger partial charge in [0.2, 0.25) is 0 Å². The van der Waals surface area contributed by atoms with Crippen LogP contribution in [0.25, 0.3) is 0 Å². The van der Waals surface area contributed by atoms with Crippen molar-refractivity contribution in [2.75, 3.05) is 0 Å². The van der Waals surface area contributed by atoms with Gasteiger partial charge in [-0.25, -0.2) is 0 Å². The molecule has 1 aromatic carbocycles. The molecular formula is C29H49IO2. The SMILES string of the molecule is Cc1c(C)c2c(c(C)c1OI)CC[C@@](C)(CCC[C@H](C)CCC[C@H](C)CCCC(C)C)O2. The van der Waals surface area contributed by atoms with Gasteiger partial charge in [0.1, 0.15) is 17.1 Å². The Kier molecular flexibility index (Phi) is 11.2. The zero-order valence-electron chi connectivity index (χ0n) is 22.2. The van der Waals surface area contributed by atoms with Crippen molar-refractivity contribution in [1.29, 1.82) is 0 Å². The molecule has 0 N–H and O–H groups in total. The molecule has 0 radical (unpaired) electrons. The fourth-order valence-corrected chi connectivity index (χ4v) is 6.04. The van der Waals surface area contributed by atoms with Gasteiger partial charge in [-0.3, -0.25) is 0 Å². The summed E-state index contributed by atoms with van der Waals surface area (Å²) in [4.78, 5) is 0. The Morgan fingerprint density at radius 1 is 0.844 bits per heavy atom. The van der Waals surface area contributed by atoms with Gasteiger partial charge in [-0.2, -0.15) is 0 Å². The highest BCUT2D eigenvalue weighted by molar-refractivity contribution is 14.1. The van der Waals surface area contributed by atoms with Crippen molar-refractivity contribution in [3.05, 3.63) is 22.3 Å². The van der Waals surface area contributed by atoms with Crippen LogP contribution in [0.4, 0.5) is 0 Å². The van der Waals surface area contributed by atoms with E-state index in [-0.39, 0.29) is 5.60 Å². The van der Waals surface area contributed by atoms with Crippen molar-refractivity contribution in [3.8, 4) is 11.5 Å². The number of ether oxygens (including phenoxy) is 1. The molecule has 0 saturated carbocycles. The van der Waals surface area contributed by atoms with Crippen molar-refractivity contribution in [2.24, 2.45) is 17.8 Å². The molecule has 1 aromatic rings. The number of benzene rings is 1. The average molecular weight is 557 g/mol. The highest BCUT2D eigenvalue weighted by Gasteiger charge is 2.34. The van der Waals surface area contributed by atoms with Crippen LogP contribution in [-0.2, 0) is 6.42 Å². The number of hydrogen-bond donors (Lipinski definition) is 0. The van der Waals surface area contributed by atoms with Gasteiger partial charge in [-0.05, 0) is 87.8 Å². The molecule has 1 aliphatic rings. The lowest BCUT2D eigenvalue weighted by Gasteiger charge is -2.38. The van der Waals surface area contributed by atoms with Gasteiger partial charge < -0.3 is 7.80 Å². The molecule has 0 fully saturated rings. The summed E-state index contributed by atoms with van der Waals surface area (Å²) in [5, 5.41) is 0. The number of halogens is 1. The molecule has 0 saturated heterocycles. The topological polar surface area (TPSA) is 18.5 Å². The Labute approximate surface area is 213 Å². The molecule has 1 heterocycles. The molecule has 2 nitrogen and oxygen atoms in total. The fraction of sp³-hybridized carbons (Fsp3) is 0.793. The lowest BCUT2D eigenvalue weighted by Crippen LogP contribution is -2.37. The van der Waals surface area contributed by atoms with E-state index in [1.807, 2.05) is 23.0 Å². The number of hydrogen-bond acceptors (Lipinski definition) is 2. The molecule has 2 rings (SSSR count). The summed E-state index contributed by atoms with van der Waals surface area (Å²) < 4.78 is 12.4. The van der Waals surface area contributed by atoms with E-state index in [1.54, 1.807) is 0 Å². The second kappa shape index (κ2) is 12.9. The molecule has 0 aliphatic carbocycles. The Morgan fingerprint density at radius 3 is 1.97 bits per heavy atom. The van der Waals surface area contributed by atoms with E-state index in [4.69, 9.17) is 7.80 Å². The molecule has 0 aromatic heterocycles. The van der Waals surface area contributed by atoms with Gasteiger partial charge >= 0.3 is 0 Å². The number of rotatable bonds is 13. The summed E-state index contributed by atoms with van der Waals surface area (Å²) in [7, 11) is 0. The molecule has 3 heteroatoms. The maximum absolute atomic E-state index is 6.70. The van der Waals surface area contributed by atoms with Gasteiger partial charge in [0.15, 0.2) is 23.0 Å². The van der Waals surface area contributed by atoms with Crippen LogP contribution >= 0.6 is 23.0 Å². The standard InChI is InChI=1S/C29H49IO2/c1-20(2)12-9-13-21(3)14-10-15-22(4)16-11-18-29(8)19-17-26-25(7)27(32-30)23(5)24(6)28(26)31-29/h20-22H,9-19H2,1-8H3/t21-,22-,29-/m1/s1. The molecule has 0 unspecified atom stereocenters. The minimum Gasteiger partial charge on any atom is -0.487 e. The molecular weight excluding hydrogens is 507 g/mol. The van der Waals surface area contributed by atoms with Crippen molar-refractivity contribution in [2.45, 2.75) is 132 Å². The van der Waals surface area contributed by atoms with Crippen LogP contribution in [-0.4, -0.2) is 5.60 Å². The van der Waals surface area contributed by atoms with Gasteiger partial charge in [-0.1, -0.05) is 72.6 Å².